The van der Waals surface area contributed by atoms with Crippen LogP contribution in [0.2, 0.25) is 0 Å². The Morgan fingerprint density at radius 1 is 0.444 bits per heavy atom. The molecule has 788 valence electrons. The monoisotopic (exact) mass is 1990 g/mol. The van der Waals surface area contributed by atoms with Gasteiger partial charge >= 0.3 is 60.3 Å². The predicted octanol–water partition coefficient (Wildman–Crippen LogP) is 16.6. The molecule has 0 bridgehead atoms. The van der Waals surface area contributed by atoms with Crippen LogP contribution >= 0.6 is 0 Å². The first-order valence-electron chi connectivity index (χ1n) is 49.3. The van der Waals surface area contributed by atoms with Gasteiger partial charge < -0.3 is 94.8 Å². The number of rotatable bonds is 42. The van der Waals surface area contributed by atoms with Crippen LogP contribution < -0.4 is 32.3 Å². The lowest BCUT2D eigenvalue weighted by molar-refractivity contribution is -0.156. The number of carbonyl (C=O) groups excluding carboxylic acids is 13. The Kier molecular flexibility index (Phi) is 51.8. The Hall–Kier alpha value is -12.0. The molecule has 0 unspecified atom stereocenters. The third-order valence-corrected chi connectivity index (χ3v) is 21.8. The summed E-state index contributed by atoms with van der Waals surface area (Å²) in [6.07, 6.45) is 8.49. The van der Waals surface area contributed by atoms with Gasteiger partial charge in [0.15, 0.2) is 5.69 Å². The molecule has 4 fully saturated rings. The minimum absolute atomic E-state index is 0.0136. The summed E-state index contributed by atoms with van der Waals surface area (Å²) in [5, 5.41) is 27.2. The highest BCUT2D eigenvalue weighted by molar-refractivity contribution is 5.94. The van der Waals surface area contributed by atoms with Gasteiger partial charge in [0.25, 0.3) is 5.91 Å². The minimum atomic E-state index is -4.58. The molecule has 4 aromatic carbocycles. The first-order chi connectivity index (χ1) is 66.8. The van der Waals surface area contributed by atoms with E-state index in [0.29, 0.717) is 96.9 Å². The number of halogens is 3. The van der Waals surface area contributed by atoms with Crippen LogP contribution in [0.1, 0.15) is 310 Å². The molecule has 9 rings (SSSR count). The molecule has 4 aliphatic rings. The van der Waals surface area contributed by atoms with Crippen molar-refractivity contribution in [3.63, 3.8) is 0 Å². The van der Waals surface area contributed by atoms with Gasteiger partial charge in [-0.15, -0.1) is 0 Å². The Labute approximate surface area is 834 Å². The number of alkyl carbamates (subject to hydrolysis) is 3. The average molecular weight is 2000 g/mol. The number of aliphatic carboxylic acids is 1. The van der Waals surface area contributed by atoms with E-state index in [1.165, 1.54) is 24.3 Å². The summed E-state index contributed by atoms with van der Waals surface area (Å²) >= 11 is 0. The molecule has 5 aromatic rings. The standard InChI is InChI=1S/C30H39F3N4O4.C22H34N2O6.C22H32N2O5.C17H23NO5.C14H26N2O3/c1-29(2,3)41-27(39)18-20(15-17-36-16-9-8-14-26(36)38)34-28(40)24-19-25(37(35-24)21-10-4-5-11-21)22-12-6-7-13-23(22)30(31,32)33;1-22(2,3)30-20(27)15-18(12-14-23-13-8-7-11-19(25)26)24-21(28)29-16-17-9-5-4-6-10-17;1-22(2,3)29-20(26)15-18(12-14-24-13-8-7-11-19(24)25)23-21(27)28-16-17-9-5-4-6-10-17;1-17(2,3)23-15(20)11-14(9-10-19)18-16(21)22-12-13-7-5-4-6-8-13;1-14(2,3)19-13(18)10-11(15)7-9-16-8-5-4-6-12(16)17/h6-7,12-13,19-21H,4-5,8-11,14-18H2,1-3H3,(H,34,40);4-6,9-10,18,23H,7-8,11-16H2,1-3H3,(H,24,28)(H,25,26);4-6,9-10,18H,7-8,11-16H2,1-3H3,(H,23,27);4-8,10,14H,9,11-12H2,1-3H3,(H,18,21);11H,4-10,15H2,1-3H3/t20-;2*18-;14-;11-/m00000/s1. The maximum absolute atomic E-state index is 13.9. The first kappa shape index (κ1) is 120. The number of alkyl halides is 3. The van der Waals surface area contributed by atoms with Crippen molar-refractivity contribution in [2.45, 2.75) is 361 Å². The van der Waals surface area contributed by atoms with Crippen molar-refractivity contribution in [3.05, 3.63) is 149 Å². The number of nitrogens with one attached hydrogen (secondary N) is 5. The third-order valence-electron chi connectivity index (χ3n) is 21.8. The molecule has 0 radical (unpaired) electrons. The average Bonchev–Trinajstić information content (AvgIpc) is 1.62. The van der Waals surface area contributed by atoms with Crippen molar-refractivity contribution in [2.24, 2.45) is 5.73 Å². The number of nitrogens with zero attached hydrogens (tertiary/aromatic N) is 5. The number of aromatic nitrogens is 2. The number of ether oxygens (including phenoxy) is 8. The van der Waals surface area contributed by atoms with Crippen LogP contribution in [0.25, 0.3) is 11.3 Å². The number of amides is 7. The van der Waals surface area contributed by atoms with Crippen LogP contribution in [-0.2, 0) is 112 Å². The molecule has 7 amide bonds. The number of carboxylic acid groups (broad SMARTS) is 1. The molecule has 3 aliphatic heterocycles. The van der Waals surface area contributed by atoms with E-state index in [1.54, 1.807) is 97.6 Å². The van der Waals surface area contributed by atoms with E-state index in [2.05, 4.69) is 31.7 Å². The molecule has 3 saturated heterocycles. The number of esters is 5. The van der Waals surface area contributed by atoms with Crippen LogP contribution in [0.5, 0.6) is 0 Å². The van der Waals surface area contributed by atoms with Crippen LogP contribution in [-0.4, -0.2) is 224 Å². The summed E-state index contributed by atoms with van der Waals surface area (Å²) in [7, 11) is 0. The molecule has 1 aromatic heterocycles. The van der Waals surface area contributed by atoms with E-state index in [4.69, 9.17) is 48.7 Å². The number of carbonyl (C=O) groups is 14. The van der Waals surface area contributed by atoms with Gasteiger partial charge in [0, 0.05) is 107 Å². The summed E-state index contributed by atoms with van der Waals surface area (Å²) < 4.78 is 85.5. The Morgan fingerprint density at radius 3 is 1.17 bits per heavy atom. The summed E-state index contributed by atoms with van der Waals surface area (Å²) in [4.78, 5) is 173. The zero-order valence-corrected chi connectivity index (χ0v) is 85.6. The summed E-state index contributed by atoms with van der Waals surface area (Å²) in [6, 6.07) is 32.0. The molecule has 1 aliphatic carbocycles. The zero-order chi connectivity index (χ0) is 105. The van der Waals surface area contributed by atoms with Crippen molar-refractivity contribution in [2.75, 3.05) is 52.4 Å². The van der Waals surface area contributed by atoms with Crippen molar-refractivity contribution >= 4 is 84.0 Å². The molecule has 142 heavy (non-hydrogen) atoms. The van der Waals surface area contributed by atoms with Gasteiger partial charge in [-0.25, -0.2) is 14.4 Å². The summed E-state index contributed by atoms with van der Waals surface area (Å²) in [6.45, 7) is 32.1. The summed E-state index contributed by atoms with van der Waals surface area (Å²) in [5.74, 6) is -3.05. The highest BCUT2D eigenvalue weighted by Crippen LogP contribution is 2.40. The van der Waals surface area contributed by atoms with Gasteiger partial charge in [-0.05, 0) is 236 Å². The second-order valence-electron chi connectivity index (χ2n) is 40.6. The normalized spacial score (nSPS) is 15.2. The van der Waals surface area contributed by atoms with E-state index in [0.717, 1.165) is 106 Å². The Balaban J connectivity index is 0.000000320. The van der Waals surface area contributed by atoms with Crippen LogP contribution in [0.3, 0.4) is 0 Å². The quantitative estimate of drug-likeness (QED) is 0.00825. The van der Waals surface area contributed by atoms with Gasteiger partial charge in [-0.2, -0.15) is 18.3 Å². The molecular formula is C105H154F3N11O23. The number of hydrogen-bond donors (Lipinski definition) is 7. The number of hydrogen-bond acceptors (Lipinski definition) is 25. The SMILES string of the molecule is CC(C)(C)OC(=O)C[C@@H](N)CCN1CCCCC1=O.CC(C)(C)OC(=O)C[C@H](CC=O)NC(=O)OCc1ccccc1.CC(C)(C)OC(=O)C[C@H](CCN1CCCCC1=O)NC(=O)OCc1ccccc1.CC(C)(C)OC(=O)C[C@H](CCN1CCCCC1=O)NC(=O)c1cc(-c2ccccc2C(F)(F)F)n(C2CCCC2)n1.CC(C)(C)OC(=O)C[C@H](CCNCCCCC(=O)O)NC(=O)OCc1ccccc1. The molecule has 1 saturated carbocycles. The molecule has 37 heteroatoms. The first-order valence-corrected chi connectivity index (χ1v) is 49.3. The van der Waals surface area contributed by atoms with Crippen molar-refractivity contribution in [1.29, 1.82) is 0 Å². The van der Waals surface area contributed by atoms with Gasteiger partial charge in [-0.1, -0.05) is 122 Å². The summed E-state index contributed by atoms with van der Waals surface area (Å²) in [5.41, 5.74) is 4.91. The Bertz CT molecular complexity index is 4750. The fourth-order valence-corrected chi connectivity index (χ4v) is 15.3. The maximum atomic E-state index is 13.9. The van der Waals surface area contributed by atoms with Crippen LogP contribution in [0.4, 0.5) is 27.6 Å². The van der Waals surface area contributed by atoms with Gasteiger partial charge in [0.2, 0.25) is 17.7 Å². The minimum Gasteiger partial charge on any atom is -0.481 e. The Morgan fingerprint density at radius 2 is 0.796 bits per heavy atom. The fourth-order valence-electron chi connectivity index (χ4n) is 15.3. The second kappa shape index (κ2) is 61.1. The van der Waals surface area contributed by atoms with E-state index in [1.807, 2.05) is 117 Å². The third kappa shape index (κ3) is 53.2. The number of nitrogens with two attached hydrogens (primary N) is 1. The lowest BCUT2D eigenvalue weighted by Gasteiger charge is -2.29. The fraction of sp³-hybridized carbons (Fsp3) is 0.610. The molecule has 5 atom stereocenters. The number of piperidine rings is 3. The lowest BCUT2D eigenvalue weighted by Crippen LogP contribution is -2.43. The number of benzene rings is 4. The van der Waals surface area contributed by atoms with Crippen molar-refractivity contribution < 1.29 is 123 Å². The van der Waals surface area contributed by atoms with Crippen molar-refractivity contribution in [3.8, 4) is 11.3 Å². The highest BCUT2D eigenvalue weighted by Gasteiger charge is 2.37. The predicted molar refractivity (Wildman–Crippen MR) is 527 cm³/mol. The molecule has 8 N–H and O–H groups in total. The van der Waals surface area contributed by atoms with Gasteiger partial charge in [-0.3, -0.25) is 52.6 Å². The van der Waals surface area contributed by atoms with E-state index in [9.17, 15) is 80.3 Å². The molecule has 34 nitrogen and oxygen atoms in total. The number of unbranched alkanes of at least 4 members (excludes halogenated alkanes) is 1. The molecular weight excluding hydrogens is 1840 g/mol. The second-order valence-corrected chi connectivity index (χ2v) is 40.6. The number of carboxylic acids is 1. The van der Waals surface area contributed by atoms with E-state index < -0.39 is 118 Å². The number of aldehydes is 1. The van der Waals surface area contributed by atoms with Gasteiger partial charge in [0.05, 0.1) is 49.4 Å². The van der Waals surface area contributed by atoms with Crippen LogP contribution in [0, 0.1) is 0 Å². The lowest BCUT2D eigenvalue weighted by atomic mass is 10.0. The topological polar surface area (TPSA) is 447 Å². The highest BCUT2D eigenvalue weighted by atomic mass is 19.4. The largest absolute Gasteiger partial charge is 0.481 e. The molecule has 4 heterocycles. The number of likely N-dealkylation sites (tertiary alicyclic amines) is 3. The van der Waals surface area contributed by atoms with Gasteiger partial charge in [0.1, 0.15) is 54.1 Å². The van der Waals surface area contributed by atoms with Crippen molar-refractivity contribution in [1.82, 2.24) is 51.1 Å². The smallest absolute Gasteiger partial charge is 0.417 e. The van der Waals surface area contributed by atoms with E-state index in [-0.39, 0.29) is 117 Å². The molecule has 0 spiro atoms. The maximum Gasteiger partial charge on any atom is 0.417 e. The van der Waals surface area contributed by atoms with Crippen LogP contribution in [0.15, 0.2) is 121 Å². The van der Waals surface area contributed by atoms with E-state index >= 15 is 0 Å². The zero-order valence-electron chi connectivity index (χ0n) is 85.6.